The van der Waals surface area contributed by atoms with Crippen LogP contribution in [0.1, 0.15) is 53.0 Å². The quantitative estimate of drug-likeness (QED) is 0.816. The number of hydrogen-bond acceptors (Lipinski definition) is 6. The number of aromatic nitrogens is 2. The minimum Gasteiger partial charge on any atom is -0.448 e. The summed E-state index contributed by atoms with van der Waals surface area (Å²) < 4.78 is 10.6. The lowest BCUT2D eigenvalue weighted by Crippen LogP contribution is -2.47. The third kappa shape index (κ3) is 3.02. The molecule has 0 aliphatic carbocycles. The summed E-state index contributed by atoms with van der Waals surface area (Å²) in [6, 6.07) is -0.00845. The van der Waals surface area contributed by atoms with E-state index in [2.05, 4.69) is 10.1 Å². The topological polar surface area (TPSA) is 92.7 Å². The summed E-state index contributed by atoms with van der Waals surface area (Å²) in [6.45, 7) is 7.11. The molecule has 2 aromatic rings. The Morgan fingerprint density at radius 1 is 1.30 bits per heavy atom. The van der Waals surface area contributed by atoms with Gasteiger partial charge in [0.05, 0.1) is 18.2 Å². The van der Waals surface area contributed by atoms with Gasteiger partial charge in [0.1, 0.15) is 11.5 Å². The van der Waals surface area contributed by atoms with Crippen molar-refractivity contribution in [2.24, 2.45) is 5.92 Å². The summed E-state index contributed by atoms with van der Waals surface area (Å²) >= 11 is 0. The zero-order chi connectivity index (χ0) is 19.1. The normalized spacial score (nSPS) is 22.4. The van der Waals surface area contributed by atoms with Gasteiger partial charge in [0.15, 0.2) is 12.1 Å². The maximum Gasteiger partial charge on any atom is 0.276 e. The predicted octanol–water partition coefficient (Wildman–Crippen LogP) is 2.11. The van der Waals surface area contributed by atoms with E-state index < -0.39 is 0 Å². The number of amides is 2. The fourth-order valence-electron chi connectivity index (χ4n) is 4.16. The molecule has 0 spiro atoms. The molecule has 5 heterocycles. The standard InChI is InChI=1S/C19H24N4O4/c1-4-16-17(20-10-26-16)19(25)22-7-13-5-6-14(8-22)23(18(13)24)9-15-11(2)21-27-12(15)3/h10,13-14H,4-9H2,1-3H3/t13-,14+/m1/s1. The van der Waals surface area contributed by atoms with Gasteiger partial charge in [0, 0.05) is 31.1 Å². The predicted molar refractivity (Wildman–Crippen MR) is 94.8 cm³/mol. The zero-order valence-corrected chi connectivity index (χ0v) is 15.9. The summed E-state index contributed by atoms with van der Waals surface area (Å²) in [5, 5.41) is 3.99. The van der Waals surface area contributed by atoms with Crippen molar-refractivity contribution < 1.29 is 18.5 Å². The second kappa shape index (κ2) is 6.83. The lowest BCUT2D eigenvalue weighted by molar-refractivity contribution is -0.140. The average Bonchev–Trinajstić information content (AvgIpc) is 3.15. The Balaban J connectivity index is 1.58. The number of piperidine rings is 1. The van der Waals surface area contributed by atoms with Gasteiger partial charge in [0.2, 0.25) is 5.91 Å². The van der Waals surface area contributed by atoms with Crippen LogP contribution in [0.3, 0.4) is 0 Å². The number of carbonyl (C=O) groups excluding carboxylic acids is 2. The van der Waals surface area contributed by atoms with Crippen LogP contribution in [0.25, 0.3) is 0 Å². The van der Waals surface area contributed by atoms with Gasteiger partial charge < -0.3 is 18.7 Å². The number of aryl methyl sites for hydroxylation is 3. The molecule has 3 fully saturated rings. The fourth-order valence-corrected chi connectivity index (χ4v) is 4.16. The molecule has 0 N–H and O–H groups in total. The number of carbonyl (C=O) groups is 2. The van der Waals surface area contributed by atoms with Crippen LogP contribution in [-0.4, -0.2) is 50.9 Å². The Morgan fingerprint density at radius 2 is 2.11 bits per heavy atom. The summed E-state index contributed by atoms with van der Waals surface area (Å²) in [4.78, 5) is 33.8. The van der Waals surface area contributed by atoms with Crippen LogP contribution in [0.5, 0.6) is 0 Å². The van der Waals surface area contributed by atoms with Crippen LogP contribution < -0.4 is 0 Å². The van der Waals surface area contributed by atoms with E-state index >= 15 is 0 Å². The monoisotopic (exact) mass is 372 g/mol. The minimum atomic E-state index is -0.176. The van der Waals surface area contributed by atoms with E-state index in [1.807, 2.05) is 25.7 Å². The fraction of sp³-hybridized carbons (Fsp3) is 0.579. The molecule has 27 heavy (non-hydrogen) atoms. The average molecular weight is 372 g/mol. The van der Waals surface area contributed by atoms with Gasteiger partial charge in [-0.1, -0.05) is 12.1 Å². The Bertz CT molecular complexity index is 851. The first kappa shape index (κ1) is 17.8. The molecule has 3 aliphatic rings. The van der Waals surface area contributed by atoms with Crippen LogP contribution in [0, 0.1) is 19.8 Å². The smallest absolute Gasteiger partial charge is 0.276 e. The lowest BCUT2D eigenvalue weighted by atomic mass is 9.93. The largest absolute Gasteiger partial charge is 0.448 e. The highest BCUT2D eigenvalue weighted by Gasteiger charge is 2.43. The molecule has 144 valence electrons. The molecule has 5 rings (SSSR count). The van der Waals surface area contributed by atoms with Gasteiger partial charge >= 0.3 is 0 Å². The van der Waals surface area contributed by atoms with E-state index in [-0.39, 0.29) is 23.8 Å². The highest BCUT2D eigenvalue weighted by molar-refractivity contribution is 5.94. The molecule has 0 saturated carbocycles. The zero-order valence-electron chi connectivity index (χ0n) is 15.9. The van der Waals surface area contributed by atoms with Crippen molar-refractivity contribution in [2.45, 2.75) is 52.6 Å². The van der Waals surface area contributed by atoms with E-state index in [0.717, 1.165) is 29.9 Å². The van der Waals surface area contributed by atoms with Crippen molar-refractivity contribution in [1.29, 1.82) is 0 Å². The van der Waals surface area contributed by atoms with Gasteiger partial charge in [-0.05, 0) is 26.7 Å². The molecule has 8 heteroatoms. The molecule has 8 nitrogen and oxygen atoms in total. The first-order valence-corrected chi connectivity index (χ1v) is 9.43. The summed E-state index contributed by atoms with van der Waals surface area (Å²) in [5.74, 6) is 1.12. The van der Waals surface area contributed by atoms with Crippen LogP contribution in [0.4, 0.5) is 0 Å². The molecule has 0 aromatic carbocycles. The maximum atomic E-state index is 13.0. The van der Waals surface area contributed by atoms with Crippen molar-refractivity contribution in [3.63, 3.8) is 0 Å². The number of fused-ring (bicyclic) bond motifs is 4. The van der Waals surface area contributed by atoms with Crippen molar-refractivity contribution in [2.75, 3.05) is 13.1 Å². The van der Waals surface area contributed by atoms with Gasteiger partial charge in [0.25, 0.3) is 5.91 Å². The van der Waals surface area contributed by atoms with E-state index in [1.54, 1.807) is 4.90 Å². The summed E-state index contributed by atoms with van der Waals surface area (Å²) in [6.07, 6.45) is 3.63. The van der Waals surface area contributed by atoms with E-state index in [9.17, 15) is 9.59 Å². The van der Waals surface area contributed by atoms with Crippen molar-refractivity contribution in [3.05, 3.63) is 34.9 Å². The highest BCUT2D eigenvalue weighted by Crippen LogP contribution is 2.32. The molecule has 2 bridgehead atoms. The SMILES string of the molecule is CCc1ocnc1C(=O)N1C[C@H]2CC[C@@H](C1)N(Cc1c(C)noc1C)C2=O. The van der Waals surface area contributed by atoms with Crippen molar-refractivity contribution in [1.82, 2.24) is 19.9 Å². The minimum absolute atomic E-state index is 0.00845. The van der Waals surface area contributed by atoms with Gasteiger partial charge in [-0.15, -0.1) is 0 Å². The Hall–Kier alpha value is -2.64. The second-order valence-corrected chi connectivity index (χ2v) is 7.38. The van der Waals surface area contributed by atoms with Gasteiger partial charge in [-0.3, -0.25) is 9.59 Å². The number of rotatable bonds is 4. The first-order chi connectivity index (χ1) is 13.0. The summed E-state index contributed by atoms with van der Waals surface area (Å²) in [5.41, 5.74) is 2.13. The molecule has 2 atom stereocenters. The van der Waals surface area contributed by atoms with Crippen LogP contribution in [-0.2, 0) is 17.8 Å². The van der Waals surface area contributed by atoms with Crippen LogP contribution in [0.2, 0.25) is 0 Å². The molecule has 3 aliphatic heterocycles. The molecule has 0 unspecified atom stereocenters. The Morgan fingerprint density at radius 3 is 2.81 bits per heavy atom. The Kier molecular flexibility index (Phi) is 4.49. The van der Waals surface area contributed by atoms with Crippen molar-refractivity contribution >= 4 is 11.8 Å². The number of hydrogen-bond donors (Lipinski definition) is 0. The summed E-state index contributed by atoms with van der Waals surface area (Å²) in [7, 11) is 0. The van der Waals surface area contributed by atoms with E-state index in [4.69, 9.17) is 8.94 Å². The molecular formula is C19H24N4O4. The van der Waals surface area contributed by atoms with E-state index in [0.29, 0.717) is 37.5 Å². The van der Waals surface area contributed by atoms with Gasteiger partial charge in [-0.25, -0.2) is 4.98 Å². The lowest BCUT2D eigenvalue weighted by Gasteiger charge is -2.35. The van der Waals surface area contributed by atoms with Crippen molar-refractivity contribution in [3.8, 4) is 0 Å². The molecule has 0 radical (unpaired) electrons. The number of oxazole rings is 1. The number of nitrogens with zero attached hydrogens (tertiary/aromatic N) is 4. The molecule has 2 aromatic heterocycles. The highest BCUT2D eigenvalue weighted by atomic mass is 16.5. The second-order valence-electron chi connectivity index (χ2n) is 7.38. The first-order valence-electron chi connectivity index (χ1n) is 9.43. The molecule has 3 saturated heterocycles. The van der Waals surface area contributed by atoms with E-state index in [1.165, 1.54) is 6.39 Å². The van der Waals surface area contributed by atoms with Gasteiger partial charge in [-0.2, -0.15) is 0 Å². The molecular weight excluding hydrogens is 348 g/mol. The maximum absolute atomic E-state index is 13.0. The third-order valence-corrected chi connectivity index (χ3v) is 5.75. The molecule has 2 amide bonds. The van der Waals surface area contributed by atoms with Crippen LogP contribution >= 0.6 is 0 Å². The van der Waals surface area contributed by atoms with Crippen LogP contribution in [0.15, 0.2) is 15.3 Å². The third-order valence-electron chi connectivity index (χ3n) is 5.75. The Labute approximate surface area is 157 Å².